The SMILES string of the molecule is O=C(O)C1CCc2nnc(-c3ccc(Cl)s3)n2C1. The Labute approximate surface area is 112 Å². The summed E-state index contributed by atoms with van der Waals surface area (Å²) in [6.07, 6.45) is 1.28. The van der Waals surface area contributed by atoms with Crippen molar-refractivity contribution in [3.63, 3.8) is 0 Å². The average molecular weight is 284 g/mol. The number of aliphatic carboxylic acids is 1. The lowest BCUT2D eigenvalue weighted by Gasteiger charge is -2.20. The van der Waals surface area contributed by atoms with E-state index in [0.29, 0.717) is 29.5 Å². The van der Waals surface area contributed by atoms with Crippen LogP contribution in [0.5, 0.6) is 0 Å². The Kier molecular flexibility index (Phi) is 2.83. The number of rotatable bonds is 2. The van der Waals surface area contributed by atoms with Crippen LogP contribution < -0.4 is 0 Å². The van der Waals surface area contributed by atoms with Gasteiger partial charge in [0.25, 0.3) is 0 Å². The van der Waals surface area contributed by atoms with E-state index in [4.69, 9.17) is 16.7 Å². The first-order chi connectivity index (χ1) is 8.65. The van der Waals surface area contributed by atoms with Crippen LogP contribution in [-0.2, 0) is 17.8 Å². The molecule has 0 bridgehead atoms. The van der Waals surface area contributed by atoms with Crippen LogP contribution in [0.15, 0.2) is 12.1 Å². The quantitative estimate of drug-likeness (QED) is 0.918. The molecule has 18 heavy (non-hydrogen) atoms. The summed E-state index contributed by atoms with van der Waals surface area (Å²) in [4.78, 5) is 12.0. The van der Waals surface area contributed by atoms with Gasteiger partial charge in [0.15, 0.2) is 5.82 Å². The second-order valence-electron chi connectivity index (χ2n) is 4.23. The van der Waals surface area contributed by atoms with Crippen molar-refractivity contribution in [1.29, 1.82) is 0 Å². The number of fused-ring (bicyclic) bond motifs is 1. The molecule has 0 amide bonds. The van der Waals surface area contributed by atoms with E-state index in [1.807, 2.05) is 10.6 Å². The summed E-state index contributed by atoms with van der Waals surface area (Å²) in [7, 11) is 0. The molecule has 0 fully saturated rings. The van der Waals surface area contributed by atoms with Crippen molar-refractivity contribution in [1.82, 2.24) is 14.8 Å². The van der Waals surface area contributed by atoms with Crippen molar-refractivity contribution in [2.75, 3.05) is 0 Å². The number of carboxylic acid groups (broad SMARTS) is 1. The molecule has 94 valence electrons. The maximum absolute atomic E-state index is 11.1. The molecule has 1 unspecified atom stereocenters. The Balaban J connectivity index is 1.99. The Morgan fingerprint density at radius 1 is 1.50 bits per heavy atom. The van der Waals surface area contributed by atoms with E-state index in [1.54, 1.807) is 6.07 Å². The first kappa shape index (κ1) is 11.7. The maximum Gasteiger partial charge on any atom is 0.308 e. The number of aryl methyl sites for hydroxylation is 1. The van der Waals surface area contributed by atoms with Crippen molar-refractivity contribution in [3.8, 4) is 10.7 Å². The van der Waals surface area contributed by atoms with Gasteiger partial charge in [-0.1, -0.05) is 11.6 Å². The molecule has 3 rings (SSSR count). The van der Waals surface area contributed by atoms with Crippen LogP contribution in [0.4, 0.5) is 0 Å². The summed E-state index contributed by atoms with van der Waals surface area (Å²) in [5.41, 5.74) is 0. The number of hydrogen-bond acceptors (Lipinski definition) is 4. The van der Waals surface area contributed by atoms with Gasteiger partial charge in [0.2, 0.25) is 0 Å². The summed E-state index contributed by atoms with van der Waals surface area (Å²) >= 11 is 7.33. The van der Waals surface area contributed by atoms with Gasteiger partial charge in [-0.15, -0.1) is 21.5 Å². The van der Waals surface area contributed by atoms with E-state index in [9.17, 15) is 4.79 Å². The second kappa shape index (κ2) is 4.37. The highest BCUT2D eigenvalue weighted by Gasteiger charge is 2.28. The van der Waals surface area contributed by atoms with Crippen LogP contribution in [0.3, 0.4) is 0 Å². The molecular formula is C11H10ClN3O2S. The molecule has 0 aromatic carbocycles. The topological polar surface area (TPSA) is 68.0 Å². The lowest BCUT2D eigenvalue weighted by Crippen LogP contribution is -2.26. The van der Waals surface area contributed by atoms with E-state index < -0.39 is 5.97 Å². The molecule has 1 N–H and O–H groups in total. The fourth-order valence-electron chi connectivity index (χ4n) is 2.15. The van der Waals surface area contributed by atoms with Gasteiger partial charge in [-0.3, -0.25) is 4.79 Å². The molecule has 0 radical (unpaired) electrons. The molecule has 1 aliphatic rings. The highest BCUT2D eigenvalue weighted by atomic mass is 35.5. The third-order valence-corrected chi connectivity index (χ3v) is 4.32. The Hall–Kier alpha value is -1.40. The zero-order valence-corrected chi connectivity index (χ0v) is 10.9. The van der Waals surface area contributed by atoms with Gasteiger partial charge in [-0.05, 0) is 18.6 Å². The molecule has 5 nitrogen and oxygen atoms in total. The van der Waals surface area contributed by atoms with Gasteiger partial charge in [-0.2, -0.15) is 0 Å². The van der Waals surface area contributed by atoms with Gasteiger partial charge in [0.05, 0.1) is 15.1 Å². The fraction of sp³-hybridized carbons (Fsp3) is 0.364. The molecule has 2 aromatic rings. The maximum atomic E-state index is 11.1. The molecule has 1 atom stereocenters. The van der Waals surface area contributed by atoms with Crippen LogP contribution >= 0.6 is 22.9 Å². The molecule has 0 saturated carbocycles. The Bertz CT molecular complexity index is 607. The Morgan fingerprint density at radius 3 is 3.00 bits per heavy atom. The highest BCUT2D eigenvalue weighted by molar-refractivity contribution is 7.19. The van der Waals surface area contributed by atoms with Crippen LogP contribution in [0.1, 0.15) is 12.2 Å². The van der Waals surface area contributed by atoms with Crippen molar-refractivity contribution in [3.05, 3.63) is 22.3 Å². The zero-order valence-electron chi connectivity index (χ0n) is 9.34. The van der Waals surface area contributed by atoms with E-state index in [0.717, 1.165) is 10.7 Å². The molecule has 2 aromatic heterocycles. The highest BCUT2D eigenvalue weighted by Crippen LogP contribution is 2.32. The Morgan fingerprint density at radius 2 is 2.33 bits per heavy atom. The number of hydrogen-bond donors (Lipinski definition) is 1. The standard InChI is InChI=1S/C11H10ClN3O2S/c12-8-3-2-7(18-8)10-14-13-9-4-1-6(11(16)17)5-15(9)10/h2-3,6H,1,4-5H2,(H,16,17). The molecule has 0 saturated heterocycles. The number of carboxylic acids is 1. The predicted molar refractivity (Wildman–Crippen MR) is 67.8 cm³/mol. The van der Waals surface area contributed by atoms with E-state index in [-0.39, 0.29) is 5.92 Å². The van der Waals surface area contributed by atoms with Gasteiger partial charge >= 0.3 is 5.97 Å². The van der Waals surface area contributed by atoms with E-state index in [2.05, 4.69) is 10.2 Å². The molecule has 1 aliphatic heterocycles. The average Bonchev–Trinajstić information content (AvgIpc) is 2.93. The molecule has 0 spiro atoms. The van der Waals surface area contributed by atoms with E-state index in [1.165, 1.54) is 11.3 Å². The van der Waals surface area contributed by atoms with Crippen LogP contribution in [-0.4, -0.2) is 25.8 Å². The van der Waals surface area contributed by atoms with Crippen LogP contribution in [0.25, 0.3) is 10.7 Å². The minimum absolute atomic E-state index is 0.359. The van der Waals surface area contributed by atoms with Crippen molar-refractivity contribution in [2.24, 2.45) is 5.92 Å². The van der Waals surface area contributed by atoms with Crippen molar-refractivity contribution >= 4 is 28.9 Å². The van der Waals surface area contributed by atoms with Gasteiger partial charge in [0, 0.05) is 13.0 Å². The third-order valence-electron chi connectivity index (χ3n) is 3.09. The summed E-state index contributed by atoms with van der Waals surface area (Å²) in [6.45, 7) is 0.433. The smallest absolute Gasteiger partial charge is 0.308 e. The second-order valence-corrected chi connectivity index (χ2v) is 5.94. The third kappa shape index (κ3) is 1.91. The molecule has 3 heterocycles. The number of nitrogens with zero attached hydrogens (tertiary/aromatic N) is 3. The molecule has 0 aliphatic carbocycles. The van der Waals surface area contributed by atoms with Crippen LogP contribution in [0, 0.1) is 5.92 Å². The predicted octanol–water partition coefficient (Wildman–Crippen LogP) is 2.31. The number of aromatic nitrogens is 3. The summed E-state index contributed by atoms with van der Waals surface area (Å²) in [6, 6.07) is 3.69. The lowest BCUT2D eigenvalue weighted by atomic mass is 9.99. The van der Waals surface area contributed by atoms with Gasteiger partial charge in [-0.25, -0.2) is 0 Å². The van der Waals surface area contributed by atoms with Crippen molar-refractivity contribution in [2.45, 2.75) is 19.4 Å². The first-order valence-corrected chi connectivity index (χ1v) is 6.75. The lowest BCUT2D eigenvalue weighted by molar-refractivity contribution is -0.142. The van der Waals surface area contributed by atoms with E-state index >= 15 is 0 Å². The number of carbonyl (C=O) groups is 1. The minimum Gasteiger partial charge on any atom is -0.481 e. The molecule has 7 heteroatoms. The monoisotopic (exact) mass is 283 g/mol. The number of halogens is 1. The summed E-state index contributed by atoms with van der Waals surface area (Å²) in [5.74, 6) is 0.451. The largest absolute Gasteiger partial charge is 0.481 e. The van der Waals surface area contributed by atoms with Crippen LogP contribution in [0.2, 0.25) is 4.34 Å². The summed E-state index contributed by atoms with van der Waals surface area (Å²) < 4.78 is 2.58. The summed E-state index contributed by atoms with van der Waals surface area (Å²) in [5, 5.41) is 17.4. The zero-order chi connectivity index (χ0) is 12.7. The van der Waals surface area contributed by atoms with Crippen molar-refractivity contribution < 1.29 is 9.90 Å². The van der Waals surface area contributed by atoms with Gasteiger partial charge < -0.3 is 9.67 Å². The normalized spacial score (nSPS) is 18.6. The number of thiophene rings is 1. The minimum atomic E-state index is -0.760. The van der Waals surface area contributed by atoms with Gasteiger partial charge in [0.1, 0.15) is 5.82 Å². The first-order valence-electron chi connectivity index (χ1n) is 5.56. The fourth-order valence-corrected chi connectivity index (χ4v) is 3.18. The molecular weight excluding hydrogens is 274 g/mol.